The molecular weight excluding hydrogens is 142 g/mol. The summed E-state index contributed by atoms with van der Waals surface area (Å²) >= 11 is 0. The molecule has 0 spiro atoms. The summed E-state index contributed by atoms with van der Waals surface area (Å²) in [7, 11) is 0. The molecule has 1 unspecified atom stereocenters. The molecule has 0 bridgehead atoms. The van der Waals surface area contributed by atoms with Crippen LogP contribution < -0.4 is 5.32 Å². The highest BCUT2D eigenvalue weighted by Crippen LogP contribution is 2.11. The van der Waals surface area contributed by atoms with E-state index < -0.39 is 0 Å². The van der Waals surface area contributed by atoms with Crippen LogP contribution in [0, 0.1) is 5.92 Å². The van der Waals surface area contributed by atoms with Crippen molar-refractivity contribution in [2.75, 3.05) is 0 Å². The Morgan fingerprint density at radius 1 is 1.36 bits per heavy atom. The Hall–Kier alpha value is -0.860. The van der Waals surface area contributed by atoms with Gasteiger partial charge < -0.3 is 5.32 Å². The number of carbonyl (C=O) groups is 2. The Labute approximate surface area is 66.2 Å². The quantitative estimate of drug-likeness (QED) is 0.599. The van der Waals surface area contributed by atoms with E-state index >= 15 is 0 Å². The van der Waals surface area contributed by atoms with Gasteiger partial charge in [0.15, 0.2) is 5.78 Å². The van der Waals surface area contributed by atoms with E-state index in [-0.39, 0.29) is 23.7 Å². The minimum atomic E-state index is -0.240. The Kier molecular flexibility index (Phi) is 2.27. The van der Waals surface area contributed by atoms with Gasteiger partial charge in [0.1, 0.15) is 0 Å². The summed E-state index contributed by atoms with van der Waals surface area (Å²) in [5, 5.41) is 2.68. The molecule has 1 atom stereocenters. The fraction of sp³-hybridized carbons (Fsp3) is 0.750. The Balaban J connectivity index is 2.61. The first-order valence-corrected chi connectivity index (χ1v) is 3.93. The molecule has 1 saturated heterocycles. The minimum absolute atomic E-state index is 0.00306. The molecule has 0 aromatic carbocycles. The molecule has 0 aromatic heterocycles. The average Bonchev–Trinajstić information content (AvgIpc) is 1.94. The third kappa shape index (κ3) is 1.79. The zero-order chi connectivity index (χ0) is 8.43. The van der Waals surface area contributed by atoms with Crippen molar-refractivity contribution in [1.29, 1.82) is 0 Å². The predicted octanol–water partition coefficient (Wildman–Crippen LogP) is 0.490. The van der Waals surface area contributed by atoms with Gasteiger partial charge in [-0.15, -0.1) is 0 Å². The number of Topliss-reactive ketones (excluding diaryl/α,β-unsaturated/α-hetero) is 1. The van der Waals surface area contributed by atoms with E-state index in [1.807, 2.05) is 13.8 Å². The SMILES string of the molecule is CC(C)C1NC(=O)CCC1=O. The third-order valence-electron chi connectivity index (χ3n) is 1.93. The first kappa shape index (κ1) is 8.24. The monoisotopic (exact) mass is 155 g/mol. The van der Waals surface area contributed by atoms with Gasteiger partial charge in [-0.05, 0) is 5.92 Å². The van der Waals surface area contributed by atoms with E-state index in [2.05, 4.69) is 5.32 Å². The maximum atomic E-state index is 11.2. The van der Waals surface area contributed by atoms with Crippen molar-refractivity contribution < 1.29 is 9.59 Å². The second-order valence-electron chi connectivity index (χ2n) is 3.26. The van der Waals surface area contributed by atoms with Crippen LogP contribution in [0.5, 0.6) is 0 Å². The molecule has 1 heterocycles. The van der Waals surface area contributed by atoms with Gasteiger partial charge in [-0.25, -0.2) is 0 Å². The van der Waals surface area contributed by atoms with E-state index in [0.29, 0.717) is 12.8 Å². The molecule has 1 fully saturated rings. The third-order valence-corrected chi connectivity index (χ3v) is 1.93. The zero-order valence-corrected chi connectivity index (χ0v) is 6.89. The van der Waals surface area contributed by atoms with Crippen LogP contribution in [-0.4, -0.2) is 17.7 Å². The van der Waals surface area contributed by atoms with Crippen molar-refractivity contribution in [2.45, 2.75) is 32.7 Å². The van der Waals surface area contributed by atoms with E-state index in [1.54, 1.807) is 0 Å². The summed E-state index contributed by atoms with van der Waals surface area (Å²) in [5.74, 6) is 0.384. The van der Waals surface area contributed by atoms with Crippen LogP contribution in [0.2, 0.25) is 0 Å². The summed E-state index contributed by atoms with van der Waals surface area (Å²) in [6, 6.07) is -0.240. The molecule has 0 aliphatic carbocycles. The minimum Gasteiger partial charge on any atom is -0.346 e. The van der Waals surface area contributed by atoms with Crippen LogP contribution in [0.3, 0.4) is 0 Å². The maximum absolute atomic E-state index is 11.2. The lowest BCUT2D eigenvalue weighted by atomic mass is 9.93. The largest absolute Gasteiger partial charge is 0.346 e. The number of rotatable bonds is 1. The van der Waals surface area contributed by atoms with Crippen LogP contribution in [0.15, 0.2) is 0 Å². The Morgan fingerprint density at radius 3 is 2.45 bits per heavy atom. The van der Waals surface area contributed by atoms with Gasteiger partial charge in [0, 0.05) is 12.8 Å². The van der Waals surface area contributed by atoms with Gasteiger partial charge in [-0.2, -0.15) is 0 Å². The van der Waals surface area contributed by atoms with E-state index in [1.165, 1.54) is 0 Å². The molecule has 62 valence electrons. The summed E-state index contributed by atoms with van der Waals surface area (Å²) < 4.78 is 0. The van der Waals surface area contributed by atoms with Gasteiger partial charge in [-0.3, -0.25) is 9.59 Å². The summed E-state index contributed by atoms with van der Waals surface area (Å²) in [6.45, 7) is 3.88. The van der Waals surface area contributed by atoms with Crippen LogP contribution >= 0.6 is 0 Å². The van der Waals surface area contributed by atoms with Crippen molar-refractivity contribution in [3.8, 4) is 0 Å². The first-order chi connectivity index (χ1) is 5.11. The van der Waals surface area contributed by atoms with Crippen molar-refractivity contribution >= 4 is 11.7 Å². The molecule has 1 amide bonds. The van der Waals surface area contributed by atoms with Crippen molar-refractivity contribution in [3.63, 3.8) is 0 Å². The fourth-order valence-corrected chi connectivity index (χ4v) is 1.26. The normalized spacial score (nSPS) is 25.5. The van der Waals surface area contributed by atoms with Crippen LogP contribution in [-0.2, 0) is 9.59 Å². The number of nitrogens with one attached hydrogen (secondary N) is 1. The van der Waals surface area contributed by atoms with E-state index in [9.17, 15) is 9.59 Å². The number of amides is 1. The Morgan fingerprint density at radius 2 is 2.00 bits per heavy atom. The zero-order valence-electron chi connectivity index (χ0n) is 6.89. The van der Waals surface area contributed by atoms with E-state index in [4.69, 9.17) is 0 Å². The summed E-state index contributed by atoms with van der Waals surface area (Å²) in [5.41, 5.74) is 0. The lowest BCUT2D eigenvalue weighted by Crippen LogP contribution is -2.48. The summed E-state index contributed by atoms with van der Waals surface area (Å²) in [4.78, 5) is 22.0. The molecule has 0 aromatic rings. The molecule has 1 rings (SSSR count). The average molecular weight is 155 g/mol. The van der Waals surface area contributed by atoms with Gasteiger partial charge in [-0.1, -0.05) is 13.8 Å². The van der Waals surface area contributed by atoms with Crippen molar-refractivity contribution in [3.05, 3.63) is 0 Å². The molecule has 0 saturated carbocycles. The maximum Gasteiger partial charge on any atom is 0.221 e. The van der Waals surface area contributed by atoms with Gasteiger partial charge >= 0.3 is 0 Å². The molecular formula is C8H13NO2. The summed E-state index contributed by atoms with van der Waals surface area (Å²) in [6.07, 6.45) is 0.775. The van der Waals surface area contributed by atoms with Gasteiger partial charge in [0.25, 0.3) is 0 Å². The second kappa shape index (κ2) is 3.03. The van der Waals surface area contributed by atoms with Crippen LogP contribution in [0.4, 0.5) is 0 Å². The van der Waals surface area contributed by atoms with Crippen molar-refractivity contribution in [2.24, 2.45) is 5.92 Å². The lowest BCUT2D eigenvalue weighted by molar-refractivity contribution is -0.133. The second-order valence-corrected chi connectivity index (χ2v) is 3.26. The van der Waals surface area contributed by atoms with Gasteiger partial charge in [0.2, 0.25) is 5.91 Å². The topological polar surface area (TPSA) is 46.2 Å². The smallest absolute Gasteiger partial charge is 0.221 e. The fourth-order valence-electron chi connectivity index (χ4n) is 1.26. The Bertz CT molecular complexity index is 187. The van der Waals surface area contributed by atoms with Crippen LogP contribution in [0.25, 0.3) is 0 Å². The number of hydrogen-bond acceptors (Lipinski definition) is 2. The van der Waals surface area contributed by atoms with Crippen LogP contribution in [0.1, 0.15) is 26.7 Å². The lowest BCUT2D eigenvalue weighted by Gasteiger charge is -2.24. The number of hydrogen-bond donors (Lipinski definition) is 1. The number of piperidine rings is 1. The van der Waals surface area contributed by atoms with E-state index in [0.717, 1.165) is 0 Å². The molecule has 0 radical (unpaired) electrons. The first-order valence-electron chi connectivity index (χ1n) is 3.93. The van der Waals surface area contributed by atoms with Gasteiger partial charge in [0.05, 0.1) is 6.04 Å². The number of ketones is 1. The molecule has 3 heteroatoms. The molecule has 11 heavy (non-hydrogen) atoms. The van der Waals surface area contributed by atoms with Crippen molar-refractivity contribution in [1.82, 2.24) is 5.32 Å². The predicted molar refractivity (Wildman–Crippen MR) is 41.0 cm³/mol. The highest BCUT2D eigenvalue weighted by Gasteiger charge is 2.28. The standard InChI is InChI=1S/C8H13NO2/c1-5(2)8-6(10)3-4-7(11)9-8/h5,8H,3-4H2,1-2H3,(H,9,11). The molecule has 1 aliphatic heterocycles. The highest BCUT2D eigenvalue weighted by molar-refractivity contribution is 5.95. The molecule has 1 aliphatic rings. The highest BCUT2D eigenvalue weighted by atomic mass is 16.2. The molecule has 3 nitrogen and oxygen atoms in total. The molecule has 1 N–H and O–H groups in total. The number of carbonyl (C=O) groups excluding carboxylic acids is 2.